The van der Waals surface area contributed by atoms with Gasteiger partial charge in [-0.3, -0.25) is 4.68 Å². The Labute approximate surface area is 146 Å². The van der Waals surface area contributed by atoms with E-state index in [0.717, 1.165) is 47.4 Å². The molecular formula is C19H22N4O2. The van der Waals surface area contributed by atoms with Crippen molar-refractivity contribution in [3.8, 4) is 0 Å². The SMILES string of the molecule is Cn1cc([C@@H]2OCC[C@H]2CNc2nc3ccccc3cc2CO)cn1. The molecule has 0 aliphatic carbocycles. The summed E-state index contributed by atoms with van der Waals surface area (Å²) < 4.78 is 7.72. The molecule has 2 N–H and O–H groups in total. The summed E-state index contributed by atoms with van der Waals surface area (Å²) in [6, 6.07) is 9.94. The lowest BCUT2D eigenvalue weighted by atomic mass is 9.97. The predicted octanol–water partition coefficient (Wildman–Crippen LogP) is 2.65. The zero-order chi connectivity index (χ0) is 17.2. The van der Waals surface area contributed by atoms with Crippen molar-refractivity contribution >= 4 is 16.7 Å². The van der Waals surface area contributed by atoms with Gasteiger partial charge in [0.1, 0.15) is 5.82 Å². The Bertz CT molecular complexity index is 877. The first-order valence-electron chi connectivity index (χ1n) is 8.58. The fraction of sp³-hybridized carbons (Fsp3) is 0.368. The zero-order valence-corrected chi connectivity index (χ0v) is 14.2. The van der Waals surface area contributed by atoms with Gasteiger partial charge in [-0.1, -0.05) is 18.2 Å². The third kappa shape index (κ3) is 3.23. The van der Waals surface area contributed by atoms with Crippen LogP contribution in [0.3, 0.4) is 0 Å². The second-order valence-electron chi connectivity index (χ2n) is 6.52. The lowest BCUT2D eigenvalue weighted by Crippen LogP contribution is -2.19. The van der Waals surface area contributed by atoms with Gasteiger partial charge in [0.05, 0.1) is 24.4 Å². The molecule has 2 aromatic heterocycles. The predicted molar refractivity (Wildman–Crippen MR) is 96.2 cm³/mol. The van der Waals surface area contributed by atoms with Gasteiger partial charge in [-0.15, -0.1) is 0 Å². The molecule has 6 heteroatoms. The molecule has 0 spiro atoms. The minimum atomic E-state index is -0.0344. The van der Waals surface area contributed by atoms with Gasteiger partial charge in [-0.05, 0) is 18.6 Å². The lowest BCUT2D eigenvalue weighted by molar-refractivity contribution is 0.0932. The summed E-state index contributed by atoms with van der Waals surface area (Å²) in [7, 11) is 1.91. The smallest absolute Gasteiger partial charge is 0.132 e. The van der Waals surface area contributed by atoms with E-state index in [9.17, 15) is 5.11 Å². The number of nitrogens with one attached hydrogen (secondary N) is 1. The average Bonchev–Trinajstić information content (AvgIpc) is 3.27. The van der Waals surface area contributed by atoms with Crippen molar-refractivity contribution in [3.05, 3.63) is 53.9 Å². The Kier molecular flexibility index (Phi) is 4.38. The van der Waals surface area contributed by atoms with Crippen molar-refractivity contribution in [2.75, 3.05) is 18.5 Å². The number of para-hydroxylation sites is 1. The molecule has 0 saturated carbocycles. The van der Waals surface area contributed by atoms with E-state index in [4.69, 9.17) is 4.74 Å². The summed E-state index contributed by atoms with van der Waals surface area (Å²) in [5.41, 5.74) is 2.85. The molecule has 6 nitrogen and oxygen atoms in total. The molecule has 0 unspecified atom stereocenters. The van der Waals surface area contributed by atoms with Crippen molar-refractivity contribution < 1.29 is 9.84 Å². The molecule has 4 rings (SSSR count). The van der Waals surface area contributed by atoms with Crippen LogP contribution in [0.25, 0.3) is 10.9 Å². The molecule has 0 radical (unpaired) electrons. The maximum absolute atomic E-state index is 9.69. The summed E-state index contributed by atoms with van der Waals surface area (Å²) in [4.78, 5) is 4.68. The highest BCUT2D eigenvalue weighted by molar-refractivity contribution is 5.81. The van der Waals surface area contributed by atoms with Gasteiger partial charge in [-0.2, -0.15) is 5.10 Å². The number of pyridine rings is 1. The largest absolute Gasteiger partial charge is 0.392 e. The van der Waals surface area contributed by atoms with Crippen LogP contribution in [0.5, 0.6) is 0 Å². The highest BCUT2D eigenvalue weighted by Crippen LogP contribution is 2.34. The maximum atomic E-state index is 9.69. The number of aromatic nitrogens is 3. The molecule has 25 heavy (non-hydrogen) atoms. The number of aliphatic hydroxyl groups is 1. The van der Waals surface area contributed by atoms with Crippen LogP contribution in [-0.2, 0) is 18.4 Å². The summed E-state index contributed by atoms with van der Waals surface area (Å²) in [6.45, 7) is 1.47. The van der Waals surface area contributed by atoms with Crippen molar-refractivity contribution in [3.63, 3.8) is 0 Å². The summed E-state index contributed by atoms with van der Waals surface area (Å²) in [5, 5.41) is 18.4. The van der Waals surface area contributed by atoms with Crippen LogP contribution in [0.2, 0.25) is 0 Å². The average molecular weight is 338 g/mol. The monoisotopic (exact) mass is 338 g/mol. The number of anilines is 1. The standard InChI is InChI=1S/C19H22N4O2/c1-23-11-16(10-21-23)18-14(6-7-25-18)9-20-19-15(12-24)8-13-4-2-3-5-17(13)22-19/h2-5,8,10-11,14,18,24H,6-7,9,12H2,1H3,(H,20,22)/t14-,18+/m0/s1. The minimum absolute atomic E-state index is 0.0344. The maximum Gasteiger partial charge on any atom is 0.132 e. The quantitative estimate of drug-likeness (QED) is 0.748. The Morgan fingerprint density at radius 2 is 2.24 bits per heavy atom. The van der Waals surface area contributed by atoms with Crippen LogP contribution in [-0.4, -0.2) is 33.0 Å². The van der Waals surface area contributed by atoms with Crippen LogP contribution in [0.1, 0.15) is 23.7 Å². The second kappa shape index (κ2) is 6.82. The van der Waals surface area contributed by atoms with Crippen molar-refractivity contribution in [1.82, 2.24) is 14.8 Å². The topological polar surface area (TPSA) is 72.2 Å². The van der Waals surface area contributed by atoms with Crippen LogP contribution < -0.4 is 5.32 Å². The Hall–Kier alpha value is -2.44. The summed E-state index contributed by atoms with van der Waals surface area (Å²) in [6.07, 6.45) is 4.93. The number of aliphatic hydroxyl groups excluding tert-OH is 1. The first-order chi connectivity index (χ1) is 12.2. The lowest BCUT2D eigenvalue weighted by Gasteiger charge is -2.19. The van der Waals surface area contributed by atoms with E-state index in [1.54, 1.807) is 4.68 Å². The van der Waals surface area contributed by atoms with Crippen molar-refractivity contribution in [2.45, 2.75) is 19.1 Å². The number of nitrogens with zero attached hydrogens (tertiary/aromatic N) is 3. The summed E-state index contributed by atoms with van der Waals surface area (Å²) >= 11 is 0. The van der Waals surface area contributed by atoms with Crippen LogP contribution in [0, 0.1) is 5.92 Å². The molecule has 3 aromatic rings. The van der Waals surface area contributed by atoms with Gasteiger partial charge in [-0.25, -0.2) is 4.98 Å². The molecule has 1 aliphatic rings. The molecule has 2 atom stereocenters. The van der Waals surface area contributed by atoms with E-state index in [0.29, 0.717) is 5.92 Å². The van der Waals surface area contributed by atoms with Gasteiger partial charge in [0.15, 0.2) is 0 Å². The van der Waals surface area contributed by atoms with Gasteiger partial charge < -0.3 is 15.2 Å². The molecule has 130 valence electrons. The van der Waals surface area contributed by atoms with E-state index in [1.165, 1.54) is 0 Å². The van der Waals surface area contributed by atoms with Crippen molar-refractivity contribution in [2.24, 2.45) is 13.0 Å². The minimum Gasteiger partial charge on any atom is -0.392 e. The van der Waals surface area contributed by atoms with Crippen LogP contribution in [0.4, 0.5) is 5.82 Å². The molecule has 0 amide bonds. The molecule has 1 saturated heterocycles. The molecular weight excluding hydrogens is 316 g/mol. The number of fused-ring (bicyclic) bond motifs is 1. The number of rotatable bonds is 5. The van der Waals surface area contributed by atoms with E-state index in [2.05, 4.69) is 15.4 Å². The first kappa shape index (κ1) is 16.1. The number of benzene rings is 1. The number of hydrogen-bond donors (Lipinski definition) is 2. The second-order valence-corrected chi connectivity index (χ2v) is 6.52. The Morgan fingerprint density at radius 3 is 3.04 bits per heavy atom. The Morgan fingerprint density at radius 1 is 1.36 bits per heavy atom. The number of ether oxygens (including phenoxy) is 1. The van der Waals surface area contributed by atoms with E-state index >= 15 is 0 Å². The van der Waals surface area contributed by atoms with Gasteiger partial charge in [0.25, 0.3) is 0 Å². The first-order valence-corrected chi connectivity index (χ1v) is 8.58. The molecule has 0 bridgehead atoms. The third-order valence-electron chi connectivity index (χ3n) is 4.77. The van der Waals surface area contributed by atoms with Gasteiger partial charge in [0, 0.05) is 48.8 Å². The van der Waals surface area contributed by atoms with E-state index < -0.39 is 0 Å². The zero-order valence-electron chi connectivity index (χ0n) is 14.2. The van der Waals surface area contributed by atoms with E-state index in [1.807, 2.05) is 49.8 Å². The molecule has 1 aromatic carbocycles. The summed E-state index contributed by atoms with van der Waals surface area (Å²) in [5.74, 6) is 1.10. The Balaban J connectivity index is 1.53. The molecule has 3 heterocycles. The highest BCUT2D eigenvalue weighted by atomic mass is 16.5. The number of aryl methyl sites for hydroxylation is 1. The normalized spacial score (nSPS) is 20.2. The van der Waals surface area contributed by atoms with Gasteiger partial charge >= 0.3 is 0 Å². The van der Waals surface area contributed by atoms with Crippen molar-refractivity contribution in [1.29, 1.82) is 0 Å². The van der Waals surface area contributed by atoms with Gasteiger partial charge in [0.2, 0.25) is 0 Å². The number of hydrogen-bond acceptors (Lipinski definition) is 5. The van der Waals surface area contributed by atoms with Crippen LogP contribution in [0.15, 0.2) is 42.7 Å². The third-order valence-corrected chi connectivity index (χ3v) is 4.77. The fourth-order valence-electron chi connectivity index (χ4n) is 3.46. The molecule has 1 fully saturated rings. The highest BCUT2D eigenvalue weighted by Gasteiger charge is 2.30. The fourth-order valence-corrected chi connectivity index (χ4v) is 3.46. The van der Waals surface area contributed by atoms with Crippen LogP contribution >= 0.6 is 0 Å². The molecule has 1 aliphatic heterocycles. The van der Waals surface area contributed by atoms with E-state index in [-0.39, 0.29) is 12.7 Å².